The third-order valence-electron chi connectivity index (χ3n) is 2.35. The first-order chi connectivity index (χ1) is 7.70. The van der Waals surface area contributed by atoms with Crippen LogP contribution in [-0.4, -0.2) is 17.3 Å². The molecule has 0 amide bonds. The predicted molar refractivity (Wildman–Crippen MR) is 59.0 cm³/mol. The molecule has 0 aromatic heterocycles. The molecule has 1 unspecified atom stereocenters. The van der Waals surface area contributed by atoms with E-state index >= 15 is 0 Å². The summed E-state index contributed by atoms with van der Waals surface area (Å²) in [6, 6.07) is 1.51. The zero-order chi connectivity index (χ0) is 13.2. The van der Waals surface area contributed by atoms with Crippen molar-refractivity contribution in [2.75, 3.05) is 6.54 Å². The van der Waals surface area contributed by atoms with Crippen molar-refractivity contribution in [1.29, 1.82) is 0 Å². The van der Waals surface area contributed by atoms with Gasteiger partial charge in [0, 0.05) is 12.6 Å². The van der Waals surface area contributed by atoms with Gasteiger partial charge >= 0.3 is 0 Å². The highest BCUT2D eigenvalue weighted by molar-refractivity contribution is 5.22. The second kappa shape index (κ2) is 5.06. The molecule has 0 radical (unpaired) electrons. The molecule has 1 aromatic rings. The molecule has 2 N–H and O–H groups in total. The first-order valence-electron chi connectivity index (χ1n) is 5.31. The van der Waals surface area contributed by atoms with Gasteiger partial charge in [-0.05, 0) is 38.5 Å². The zero-order valence-corrected chi connectivity index (χ0v) is 10.0. The molecule has 0 aliphatic heterocycles. The van der Waals surface area contributed by atoms with Crippen LogP contribution in [0.15, 0.2) is 12.1 Å². The molecule has 1 atom stereocenters. The number of nitrogens with one attached hydrogen (secondary N) is 1. The van der Waals surface area contributed by atoms with Crippen molar-refractivity contribution >= 4 is 0 Å². The maximum absolute atomic E-state index is 13.0. The van der Waals surface area contributed by atoms with Gasteiger partial charge in [-0.2, -0.15) is 0 Å². The van der Waals surface area contributed by atoms with Gasteiger partial charge in [-0.3, -0.25) is 0 Å². The van der Waals surface area contributed by atoms with Gasteiger partial charge in [0.15, 0.2) is 17.5 Å². The average molecular weight is 247 g/mol. The van der Waals surface area contributed by atoms with Gasteiger partial charge < -0.3 is 10.4 Å². The van der Waals surface area contributed by atoms with E-state index in [0.29, 0.717) is 5.56 Å². The summed E-state index contributed by atoms with van der Waals surface area (Å²) in [5, 5.41) is 12.4. The van der Waals surface area contributed by atoms with Crippen LogP contribution < -0.4 is 5.32 Å². The molecule has 17 heavy (non-hydrogen) atoms. The Morgan fingerprint density at radius 1 is 1.24 bits per heavy atom. The Morgan fingerprint density at radius 3 is 2.12 bits per heavy atom. The Kier molecular flexibility index (Phi) is 4.16. The van der Waals surface area contributed by atoms with Gasteiger partial charge in [-0.1, -0.05) is 0 Å². The minimum atomic E-state index is -1.47. The Hall–Kier alpha value is -1.07. The average Bonchev–Trinajstić information content (AvgIpc) is 2.20. The lowest BCUT2D eigenvalue weighted by Crippen LogP contribution is -2.36. The summed E-state index contributed by atoms with van der Waals surface area (Å²) in [6.45, 7) is 5.16. The molecular formula is C12H16F3NO. The molecule has 2 nitrogen and oxygen atoms in total. The van der Waals surface area contributed by atoms with Crippen LogP contribution in [0.1, 0.15) is 32.4 Å². The van der Waals surface area contributed by atoms with E-state index in [1.165, 1.54) is 0 Å². The fourth-order valence-corrected chi connectivity index (χ4v) is 1.35. The number of hydrogen-bond donors (Lipinski definition) is 2. The fourth-order valence-electron chi connectivity index (χ4n) is 1.35. The van der Waals surface area contributed by atoms with Gasteiger partial charge in [0.25, 0.3) is 0 Å². The van der Waals surface area contributed by atoms with E-state index in [4.69, 9.17) is 0 Å². The summed E-state index contributed by atoms with van der Waals surface area (Å²) in [4.78, 5) is 0. The summed E-state index contributed by atoms with van der Waals surface area (Å²) in [7, 11) is 0. The quantitative estimate of drug-likeness (QED) is 0.801. The van der Waals surface area contributed by atoms with Crippen molar-refractivity contribution in [3.8, 4) is 0 Å². The smallest absolute Gasteiger partial charge is 0.194 e. The normalized spacial score (nSPS) is 13.8. The minimum Gasteiger partial charge on any atom is -0.389 e. The summed E-state index contributed by atoms with van der Waals surface area (Å²) >= 11 is 0. The van der Waals surface area contributed by atoms with Crippen molar-refractivity contribution in [2.24, 2.45) is 0 Å². The van der Waals surface area contributed by atoms with Crippen LogP contribution in [0.4, 0.5) is 13.2 Å². The Labute approximate surface area is 98.5 Å². The van der Waals surface area contributed by atoms with E-state index in [0.717, 1.165) is 12.1 Å². The van der Waals surface area contributed by atoms with Gasteiger partial charge in [0.05, 0.1) is 5.60 Å². The standard InChI is InChI=1S/C12H16F3NO/c1-7(16-6-12(2,3)17)8-4-9(13)11(15)10(14)5-8/h4-5,7,16-17H,6H2,1-3H3. The monoisotopic (exact) mass is 247 g/mol. The van der Waals surface area contributed by atoms with E-state index in [1.54, 1.807) is 20.8 Å². The van der Waals surface area contributed by atoms with Crippen LogP contribution >= 0.6 is 0 Å². The Balaban J connectivity index is 2.79. The molecule has 0 bridgehead atoms. The molecule has 5 heteroatoms. The third-order valence-corrected chi connectivity index (χ3v) is 2.35. The first-order valence-corrected chi connectivity index (χ1v) is 5.31. The molecule has 0 aliphatic carbocycles. The SMILES string of the molecule is CC(NCC(C)(C)O)c1cc(F)c(F)c(F)c1. The number of rotatable bonds is 4. The fraction of sp³-hybridized carbons (Fsp3) is 0.500. The molecule has 0 spiro atoms. The van der Waals surface area contributed by atoms with E-state index < -0.39 is 23.1 Å². The minimum absolute atomic E-state index is 0.259. The van der Waals surface area contributed by atoms with Crippen molar-refractivity contribution in [3.63, 3.8) is 0 Å². The van der Waals surface area contributed by atoms with Crippen LogP contribution in [0.5, 0.6) is 0 Å². The molecule has 0 aliphatic rings. The lowest BCUT2D eigenvalue weighted by molar-refractivity contribution is 0.0770. The molecule has 0 fully saturated rings. The maximum atomic E-state index is 13.0. The topological polar surface area (TPSA) is 32.3 Å². The van der Waals surface area contributed by atoms with E-state index in [1.807, 2.05) is 0 Å². The highest BCUT2D eigenvalue weighted by atomic mass is 19.2. The molecule has 0 saturated heterocycles. The summed E-state index contributed by atoms with van der Waals surface area (Å²) in [5.74, 6) is -3.89. The summed E-state index contributed by atoms with van der Waals surface area (Å²) in [6.07, 6.45) is 0. The summed E-state index contributed by atoms with van der Waals surface area (Å²) in [5.41, 5.74) is -0.628. The van der Waals surface area contributed by atoms with Crippen LogP contribution in [0.3, 0.4) is 0 Å². The van der Waals surface area contributed by atoms with Crippen molar-refractivity contribution in [2.45, 2.75) is 32.4 Å². The lowest BCUT2D eigenvalue weighted by Gasteiger charge is -2.22. The number of hydrogen-bond acceptors (Lipinski definition) is 2. The van der Waals surface area contributed by atoms with Gasteiger partial charge in [-0.25, -0.2) is 13.2 Å². The molecule has 0 saturated carbocycles. The van der Waals surface area contributed by atoms with E-state index in [9.17, 15) is 18.3 Å². The predicted octanol–water partition coefficient (Wildman–Crippen LogP) is 2.53. The number of aliphatic hydroxyl groups is 1. The van der Waals surface area contributed by atoms with E-state index in [-0.39, 0.29) is 12.6 Å². The zero-order valence-electron chi connectivity index (χ0n) is 10.0. The van der Waals surface area contributed by atoms with Crippen molar-refractivity contribution < 1.29 is 18.3 Å². The van der Waals surface area contributed by atoms with Crippen LogP contribution in [0, 0.1) is 17.5 Å². The first kappa shape index (κ1) is 14.0. The molecular weight excluding hydrogens is 231 g/mol. The Bertz CT molecular complexity index is 378. The van der Waals surface area contributed by atoms with Gasteiger partial charge in [0.1, 0.15) is 0 Å². The van der Waals surface area contributed by atoms with E-state index in [2.05, 4.69) is 5.32 Å². The number of halogens is 3. The summed E-state index contributed by atoms with van der Waals surface area (Å²) < 4.78 is 38.7. The number of benzene rings is 1. The van der Waals surface area contributed by atoms with Crippen molar-refractivity contribution in [3.05, 3.63) is 35.1 Å². The molecule has 0 heterocycles. The van der Waals surface area contributed by atoms with Gasteiger partial charge in [-0.15, -0.1) is 0 Å². The lowest BCUT2D eigenvalue weighted by atomic mass is 10.1. The highest BCUT2D eigenvalue weighted by Gasteiger charge is 2.17. The van der Waals surface area contributed by atoms with Crippen LogP contribution in [-0.2, 0) is 0 Å². The second-order valence-corrected chi connectivity index (χ2v) is 4.71. The molecule has 1 aromatic carbocycles. The maximum Gasteiger partial charge on any atom is 0.194 e. The third kappa shape index (κ3) is 4.02. The Morgan fingerprint density at radius 2 is 1.71 bits per heavy atom. The highest BCUT2D eigenvalue weighted by Crippen LogP contribution is 2.19. The largest absolute Gasteiger partial charge is 0.389 e. The van der Waals surface area contributed by atoms with Crippen LogP contribution in [0.2, 0.25) is 0 Å². The van der Waals surface area contributed by atoms with Crippen molar-refractivity contribution in [1.82, 2.24) is 5.32 Å². The molecule has 96 valence electrons. The van der Waals surface area contributed by atoms with Crippen LogP contribution in [0.25, 0.3) is 0 Å². The molecule has 1 rings (SSSR count). The second-order valence-electron chi connectivity index (χ2n) is 4.71. The van der Waals surface area contributed by atoms with Gasteiger partial charge in [0.2, 0.25) is 0 Å².